The van der Waals surface area contributed by atoms with Gasteiger partial charge in [-0.2, -0.15) is 0 Å². The molecular formula is C23H31ClN4O3. The van der Waals surface area contributed by atoms with Crippen LogP contribution in [0.2, 0.25) is 0 Å². The van der Waals surface area contributed by atoms with Crippen LogP contribution in [0, 0.1) is 0 Å². The summed E-state index contributed by atoms with van der Waals surface area (Å²) in [5.41, 5.74) is 1.07. The van der Waals surface area contributed by atoms with Gasteiger partial charge in [0.15, 0.2) is 0 Å². The Hall–Kier alpha value is -2.77. The van der Waals surface area contributed by atoms with Crippen molar-refractivity contribution >= 4 is 35.1 Å². The number of halogens is 1. The van der Waals surface area contributed by atoms with Crippen molar-refractivity contribution in [2.75, 3.05) is 44.0 Å². The molecule has 0 aromatic heterocycles. The molecule has 31 heavy (non-hydrogen) atoms. The number of anilines is 2. The SMILES string of the molecule is C=CC(=O)Nc1cc(NC(=C)/N=C\C(Cl)=C/C)c(OC)cc1OCCN1CCCCC1. The van der Waals surface area contributed by atoms with Crippen LogP contribution in [0.25, 0.3) is 0 Å². The zero-order valence-electron chi connectivity index (χ0n) is 18.2. The lowest BCUT2D eigenvalue weighted by molar-refractivity contribution is -0.111. The smallest absolute Gasteiger partial charge is 0.247 e. The zero-order valence-corrected chi connectivity index (χ0v) is 19.0. The van der Waals surface area contributed by atoms with Gasteiger partial charge in [0.25, 0.3) is 0 Å². The molecule has 1 aromatic rings. The number of carbonyl (C=O) groups is 1. The summed E-state index contributed by atoms with van der Waals surface area (Å²) in [6, 6.07) is 3.45. The normalized spacial score (nSPS) is 14.9. The van der Waals surface area contributed by atoms with E-state index in [0.29, 0.717) is 40.3 Å². The summed E-state index contributed by atoms with van der Waals surface area (Å²) in [5.74, 6) is 1.06. The van der Waals surface area contributed by atoms with Gasteiger partial charge in [-0.15, -0.1) is 0 Å². The minimum atomic E-state index is -0.339. The van der Waals surface area contributed by atoms with Crippen LogP contribution in [-0.2, 0) is 4.79 Å². The summed E-state index contributed by atoms with van der Waals surface area (Å²) in [5, 5.41) is 6.34. The quantitative estimate of drug-likeness (QED) is 0.378. The summed E-state index contributed by atoms with van der Waals surface area (Å²) in [7, 11) is 1.56. The second-order valence-electron chi connectivity index (χ2n) is 7.00. The average molecular weight is 447 g/mol. The number of hydrogen-bond acceptors (Lipinski definition) is 6. The second kappa shape index (κ2) is 12.8. The second-order valence-corrected chi connectivity index (χ2v) is 7.43. The van der Waals surface area contributed by atoms with Gasteiger partial charge >= 0.3 is 0 Å². The predicted octanol–water partition coefficient (Wildman–Crippen LogP) is 4.78. The number of rotatable bonds is 11. The molecular weight excluding hydrogens is 416 g/mol. The Morgan fingerprint density at radius 2 is 1.94 bits per heavy atom. The van der Waals surface area contributed by atoms with Crippen molar-refractivity contribution < 1.29 is 14.3 Å². The molecule has 2 N–H and O–H groups in total. The molecule has 1 saturated heterocycles. The number of aliphatic imine (C=N–C) groups is 1. The van der Waals surface area contributed by atoms with E-state index in [4.69, 9.17) is 21.1 Å². The molecule has 0 spiro atoms. The molecule has 2 rings (SSSR count). The molecule has 1 aliphatic heterocycles. The molecule has 168 valence electrons. The number of ether oxygens (including phenoxy) is 2. The first kappa shape index (κ1) is 24.5. The fourth-order valence-corrected chi connectivity index (χ4v) is 3.15. The Morgan fingerprint density at radius 3 is 2.58 bits per heavy atom. The first-order valence-corrected chi connectivity index (χ1v) is 10.7. The van der Waals surface area contributed by atoms with E-state index in [2.05, 4.69) is 33.7 Å². The van der Waals surface area contributed by atoms with E-state index >= 15 is 0 Å². The van der Waals surface area contributed by atoms with E-state index in [1.165, 1.54) is 31.6 Å². The molecule has 0 saturated carbocycles. The van der Waals surface area contributed by atoms with E-state index in [9.17, 15) is 4.79 Å². The van der Waals surface area contributed by atoms with Gasteiger partial charge in [-0.25, -0.2) is 4.99 Å². The van der Waals surface area contributed by atoms with Gasteiger partial charge < -0.3 is 20.1 Å². The average Bonchev–Trinajstić information content (AvgIpc) is 2.79. The van der Waals surface area contributed by atoms with E-state index < -0.39 is 0 Å². The van der Waals surface area contributed by atoms with Crippen LogP contribution in [0.5, 0.6) is 11.5 Å². The molecule has 7 nitrogen and oxygen atoms in total. The van der Waals surface area contributed by atoms with Gasteiger partial charge in [0.05, 0.1) is 23.5 Å². The molecule has 1 fully saturated rings. The number of carbonyl (C=O) groups excluding carboxylic acids is 1. The predicted molar refractivity (Wildman–Crippen MR) is 128 cm³/mol. The van der Waals surface area contributed by atoms with E-state index in [1.54, 1.807) is 25.3 Å². The Morgan fingerprint density at radius 1 is 1.23 bits per heavy atom. The van der Waals surface area contributed by atoms with E-state index in [0.717, 1.165) is 19.6 Å². The zero-order chi connectivity index (χ0) is 22.6. The molecule has 0 atom stereocenters. The number of allylic oxidation sites excluding steroid dienone is 2. The summed E-state index contributed by atoms with van der Waals surface area (Å²) in [6.45, 7) is 12.7. The number of likely N-dealkylation sites (tertiary alicyclic amines) is 1. The molecule has 0 radical (unpaired) electrons. The summed E-state index contributed by atoms with van der Waals surface area (Å²) >= 11 is 5.94. The number of nitrogens with zero attached hydrogens (tertiary/aromatic N) is 2. The molecule has 0 bridgehead atoms. The van der Waals surface area contributed by atoms with E-state index in [-0.39, 0.29) is 5.91 Å². The largest absolute Gasteiger partial charge is 0.494 e. The number of methoxy groups -OCH3 is 1. The van der Waals surface area contributed by atoms with Crippen molar-refractivity contribution in [3.05, 3.63) is 48.3 Å². The number of piperidine rings is 1. The minimum Gasteiger partial charge on any atom is -0.494 e. The minimum absolute atomic E-state index is 0.339. The Bertz CT molecular complexity index is 845. The number of hydrogen-bond donors (Lipinski definition) is 2. The molecule has 1 amide bonds. The molecule has 0 unspecified atom stereocenters. The van der Waals surface area contributed by atoms with Crippen LogP contribution in [-0.4, -0.2) is 50.4 Å². The fraction of sp³-hybridized carbons (Fsp3) is 0.391. The Kier molecular flexibility index (Phi) is 10.1. The molecule has 1 aliphatic rings. The Balaban J connectivity index is 2.19. The van der Waals surface area contributed by atoms with Crippen LogP contribution in [0.3, 0.4) is 0 Å². The van der Waals surface area contributed by atoms with Crippen LogP contribution in [0.4, 0.5) is 11.4 Å². The molecule has 1 heterocycles. The molecule has 0 aliphatic carbocycles. The maximum absolute atomic E-state index is 11.9. The Labute approximate surface area is 189 Å². The maximum Gasteiger partial charge on any atom is 0.247 e. The van der Waals surface area contributed by atoms with Gasteiger partial charge in [0.2, 0.25) is 5.91 Å². The lowest BCUT2D eigenvalue weighted by Crippen LogP contribution is -2.33. The van der Waals surface area contributed by atoms with Gasteiger partial charge in [0.1, 0.15) is 23.9 Å². The van der Waals surface area contributed by atoms with Gasteiger partial charge in [-0.3, -0.25) is 9.69 Å². The third-order valence-corrected chi connectivity index (χ3v) is 5.07. The van der Waals surface area contributed by atoms with Crippen molar-refractivity contribution in [3.63, 3.8) is 0 Å². The highest BCUT2D eigenvalue weighted by molar-refractivity contribution is 6.39. The standard InChI is InChI=1S/C23H31ClN4O3/c1-5-18(24)16-25-17(3)26-19-14-20(27-23(29)6-2)22(15-21(19)30-4)31-13-12-28-10-8-7-9-11-28/h5-6,14-16,26H,2-3,7-13H2,1,4H3,(H,27,29)/b18-5+,25-16-. The van der Waals surface area contributed by atoms with Gasteiger partial charge in [-0.05, 0) is 45.0 Å². The van der Waals surface area contributed by atoms with Gasteiger partial charge in [0, 0.05) is 18.8 Å². The maximum atomic E-state index is 11.9. The third-order valence-electron chi connectivity index (χ3n) is 4.76. The summed E-state index contributed by atoms with van der Waals surface area (Å²) in [4.78, 5) is 18.5. The van der Waals surface area contributed by atoms with Crippen molar-refractivity contribution in [2.24, 2.45) is 4.99 Å². The third kappa shape index (κ3) is 8.11. The number of nitrogens with one attached hydrogen (secondary N) is 2. The first-order valence-electron chi connectivity index (χ1n) is 10.3. The lowest BCUT2D eigenvalue weighted by atomic mass is 10.1. The van der Waals surface area contributed by atoms with Crippen molar-refractivity contribution in [1.82, 2.24) is 4.90 Å². The number of amides is 1. The summed E-state index contributed by atoms with van der Waals surface area (Å²) < 4.78 is 11.5. The van der Waals surface area contributed by atoms with Crippen molar-refractivity contribution in [1.29, 1.82) is 0 Å². The number of benzene rings is 1. The fourth-order valence-electron chi connectivity index (χ4n) is 3.10. The van der Waals surface area contributed by atoms with Crippen molar-refractivity contribution in [2.45, 2.75) is 26.2 Å². The monoisotopic (exact) mass is 446 g/mol. The van der Waals surface area contributed by atoms with Crippen LogP contribution >= 0.6 is 11.6 Å². The topological polar surface area (TPSA) is 75.2 Å². The summed E-state index contributed by atoms with van der Waals surface area (Å²) in [6.07, 6.45) is 8.15. The highest BCUT2D eigenvalue weighted by Gasteiger charge is 2.15. The van der Waals surface area contributed by atoms with Crippen molar-refractivity contribution in [3.8, 4) is 11.5 Å². The molecule has 8 heteroatoms. The van der Waals surface area contributed by atoms with E-state index in [1.807, 2.05) is 6.92 Å². The highest BCUT2D eigenvalue weighted by atomic mass is 35.5. The van der Waals surface area contributed by atoms with Crippen LogP contribution in [0.1, 0.15) is 26.2 Å². The lowest BCUT2D eigenvalue weighted by Gasteiger charge is -2.26. The van der Waals surface area contributed by atoms with Crippen LogP contribution < -0.4 is 20.1 Å². The van der Waals surface area contributed by atoms with Gasteiger partial charge in [-0.1, -0.05) is 37.3 Å². The first-order chi connectivity index (χ1) is 15.0. The van der Waals surface area contributed by atoms with Crippen LogP contribution in [0.15, 0.2) is 53.3 Å². The molecule has 1 aromatic carbocycles. The highest BCUT2D eigenvalue weighted by Crippen LogP contribution is 2.37.